The molecule has 0 bridgehead atoms. The van der Waals surface area contributed by atoms with Crippen LogP contribution in [0.25, 0.3) is 0 Å². The molecule has 1 fully saturated rings. The minimum atomic E-state index is 0.123. The summed E-state index contributed by atoms with van der Waals surface area (Å²) in [5.74, 6) is 0.754. The van der Waals surface area contributed by atoms with Gasteiger partial charge < -0.3 is 9.64 Å². The average molecular weight is 248 g/mol. The molecule has 0 saturated carbocycles. The van der Waals surface area contributed by atoms with Crippen molar-refractivity contribution in [2.45, 2.75) is 6.54 Å². The minimum Gasteiger partial charge on any atom is -0.486 e. The molecule has 1 aromatic rings. The standard InChI is InChI=1S/C14H20N2O2/c1-15-6-8-16(9-7-15)12-13-2-4-14(5-3-13)18-11-10-17/h2-5,10H,6-9,11-12H2,1H3. The fourth-order valence-corrected chi connectivity index (χ4v) is 2.09. The first-order valence-electron chi connectivity index (χ1n) is 6.34. The molecule has 18 heavy (non-hydrogen) atoms. The molecule has 0 N–H and O–H groups in total. The van der Waals surface area contributed by atoms with Crippen molar-refractivity contribution < 1.29 is 9.53 Å². The van der Waals surface area contributed by atoms with E-state index in [4.69, 9.17) is 4.74 Å². The summed E-state index contributed by atoms with van der Waals surface area (Å²) >= 11 is 0. The van der Waals surface area contributed by atoms with E-state index in [-0.39, 0.29) is 6.61 Å². The maximum atomic E-state index is 10.2. The summed E-state index contributed by atoms with van der Waals surface area (Å²) in [5.41, 5.74) is 1.29. The summed E-state index contributed by atoms with van der Waals surface area (Å²) < 4.78 is 5.23. The number of hydrogen-bond acceptors (Lipinski definition) is 4. The normalized spacial score (nSPS) is 17.6. The number of ether oxygens (including phenoxy) is 1. The van der Waals surface area contributed by atoms with Crippen molar-refractivity contribution in [1.82, 2.24) is 9.80 Å². The van der Waals surface area contributed by atoms with Crippen LogP contribution in [0, 0.1) is 0 Å². The summed E-state index contributed by atoms with van der Waals surface area (Å²) in [5, 5.41) is 0. The number of aldehydes is 1. The molecule has 0 amide bonds. The van der Waals surface area contributed by atoms with E-state index in [9.17, 15) is 4.79 Å². The molecule has 0 aromatic heterocycles. The molecule has 1 heterocycles. The highest BCUT2D eigenvalue weighted by Gasteiger charge is 2.13. The Morgan fingerprint density at radius 3 is 2.44 bits per heavy atom. The zero-order valence-corrected chi connectivity index (χ0v) is 10.8. The molecule has 1 aromatic carbocycles. The lowest BCUT2D eigenvalue weighted by molar-refractivity contribution is -0.109. The third-order valence-corrected chi connectivity index (χ3v) is 3.24. The Bertz CT molecular complexity index is 370. The lowest BCUT2D eigenvalue weighted by atomic mass is 10.2. The van der Waals surface area contributed by atoms with Gasteiger partial charge in [-0.15, -0.1) is 0 Å². The van der Waals surface area contributed by atoms with E-state index < -0.39 is 0 Å². The molecule has 4 heteroatoms. The van der Waals surface area contributed by atoms with E-state index in [0.717, 1.165) is 44.8 Å². The van der Waals surface area contributed by atoms with Gasteiger partial charge in [-0.3, -0.25) is 9.69 Å². The van der Waals surface area contributed by atoms with Gasteiger partial charge in [0.2, 0.25) is 0 Å². The third-order valence-electron chi connectivity index (χ3n) is 3.24. The van der Waals surface area contributed by atoms with Gasteiger partial charge in [0.15, 0.2) is 6.29 Å². The molecule has 1 aliphatic rings. The molecular formula is C14H20N2O2. The van der Waals surface area contributed by atoms with Gasteiger partial charge in [0, 0.05) is 32.7 Å². The molecule has 2 rings (SSSR count). The monoisotopic (exact) mass is 248 g/mol. The molecule has 4 nitrogen and oxygen atoms in total. The maximum absolute atomic E-state index is 10.2. The fourth-order valence-electron chi connectivity index (χ4n) is 2.09. The Balaban J connectivity index is 1.84. The van der Waals surface area contributed by atoms with E-state index in [1.165, 1.54) is 5.56 Å². The van der Waals surface area contributed by atoms with Crippen LogP contribution in [-0.2, 0) is 11.3 Å². The number of benzene rings is 1. The number of piperazine rings is 1. The van der Waals surface area contributed by atoms with E-state index in [0.29, 0.717) is 0 Å². The van der Waals surface area contributed by atoms with Gasteiger partial charge in [-0.1, -0.05) is 12.1 Å². The number of hydrogen-bond donors (Lipinski definition) is 0. The van der Waals surface area contributed by atoms with Crippen molar-refractivity contribution in [3.05, 3.63) is 29.8 Å². The number of nitrogens with zero attached hydrogens (tertiary/aromatic N) is 2. The minimum absolute atomic E-state index is 0.123. The van der Waals surface area contributed by atoms with Gasteiger partial charge in [-0.05, 0) is 24.7 Å². The zero-order valence-electron chi connectivity index (χ0n) is 10.8. The number of rotatable bonds is 5. The molecular weight excluding hydrogens is 228 g/mol. The van der Waals surface area contributed by atoms with Crippen molar-refractivity contribution in [3.8, 4) is 5.75 Å². The number of likely N-dealkylation sites (N-methyl/N-ethyl adjacent to an activating group) is 1. The van der Waals surface area contributed by atoms with Crippen LogP contribution >= 0.6 is 0 Å². The summed E-state index contributed by atoms with van der Waals surface area (Å²) in [6.07, 6.45) is 0.762. The second-order valence-corrected chi connectivity index (χ2v) is 4.70. The van der Waals surface area contributed by atoms with Gasteiger partial charge in [-0.25, -0.2) is 0 Å². The highest BCUT2D eigenvalue weighted by Crippen LogP contribution is 2.14. The predicted molar refractivity (Wildman–Crippen MR) is 70.8 cm³/mol. The maximum Gasteiger partial charge on any atom is 0.157 e. The number of carbonyl (C=O) groups is 1. The Morgan fingerprint density at radius 2 is 1.83 bits per heavy atom. The molecule has 0 spiro atoms. The lowest BCUT2D eigenvalue weighted by Gasteiger charge is -2.32. The van der Waals surface area contributed by atoms with Crippen molar-refractivity contribution in [2.75, 3.05) is 39.8 Å². The third kappa shape index (κ3) is 3.82. The lowest BCUT2D eigenvalue weighted by Crippen LogP contribution is -2.43. The average Bonchev–Trinajstić information content (AvgIpc) is 2.41. The van der Waals surface area contributed by atoms with Gasteiger partial charge in [0.25, 0.3) is 0 Å². The SMILES string of the molecule is CN1CCN(Cc2ccc(OCC=O)cc2)CC1. The van der Waals surface area contributed by atoms with Crippen molar-refractivity contribution in [2.24, 2.45) is 0 Å². The molecule has 98 valence electrons. The van der Waals surface area contributed by atoms with Crippen LogP contribution in [0.4, 0.5) is 0 Å². The first-order valence-corrected chi connectivity index (χ1v) is 6.34. The second kappa shape index (κ2) is 6.52. The van der Waals surface area contributed by atoms with E-state index >= 15 is 0 Å². The van der Waals surface area contributed by atoms with Crippen LogP contribution in [0.2, 0.25) is 0 Å². The van der Waals surface area contributed by atoms with Crippen LogP contribution in [-0.4, -0.2) is 55.9 Å². The Hall–Kier alpha value is -1.39. The molecule has 0 atom stereocenters. The van der Waals surface area contributed by atoms with Gasteiger partial charge >= 0.3 is 0 Å². The van der Waals surface area contributed by atoms with Crippen molar-refractivity contribution in [1.29, 1.82) is 0 Å². The van der Waals surface area contributed by atoms with Gasteiger partial charge in [0.1, 0.15) is 12.4 Å². The zero-order chi connectivity index (χ0) is 12.8. The summed E-state index contributed by atoms with van der Waals surface area (Å²) in [4.78, 5) is 15.0. The van der Waals surface area contributed by atoms with Crippen LogP contribution in [0.3, 0.4) is 0 Å². The van der Waals surface area contributed by atoms with E-state index in [2.05, 4.69) is 29.0 Å². The number of carbonyl (C=O) groups excluding carboxylic acids is 1. The largest absolute Gasteiger partial charge is 0.486 e. The molecule has 0 unspecified atom stereocenters. The molecule has 1 saturated heterocycles. The molecule has 1 aliphatic heterocycles. The Kier molecular flexibility index (Phi) is 4.73. The van der Waals surface area contributed by atoms with Crippen LogP contribution in [0.1, 0.15) is 5.56 Å². The first-order chi connectivity index (χ1) is 8.78. The van der Waals surface area contributed by atoms with Gasteiger partial charge in [-0.2, -0.15) is 0 Å². The smallest absolute Gasteiger partial charge is 0.157 e. The van der Waals surface area contributed by atoms with Crippen LogP contribution < -0.4 is 4.74 Å². The van der Waals surface area contributed by atoms with Gasteiger partial charge in [0.05, 0.1) is 0 Å². The second-order valence-electron chi connectivity index (χ2n) is 4.70. The first kappa shape index (κ1) is 13.1. The fraction of sp³-hybridized carbons (Fsp3) is 0.500. The predicted octanol–water partition coefficient (Wildman–Crippen LogP) is 1.01. The summed E-state index contributed by atoms with van der Waals surface area (Å²) in [6.45, 7) is 5.64. The van der Waals surface area contributed by atoms with Crippen LogP contribution in [0.15, 0.2) is 24.3 Å². The van der Waals surface area contributed by atoms with E-state index in [1.54, 1.807) is 0 Å². The highest BCUT2D eigenvalue weighted by atomic mass is 16.5. The van der Waals surface area contributed by atoms with Crippen molar-refractivity contribution in [3.63, 3.8) is 0 Å². The molecule has 0 aliphatic carbocycles. The Morgan fingerprint density at radius 1 is 1.17 bits per heavy atom. The van der Waals surface area contributed by atoms with Crippen LogP contribution in [0.5, 0.6) is 5.75 Å². The van der Waals surface area contributed by atoms with E-state index in [1.807, 2.05) is 12.1 Å². The summed E-state index contributed by atoms with van der Waals surface area (Å²) in [7, 11) is 2.16. The summed E-state index contributed by atoms with van der Waals surface area (Å²) in [6, 6.07) is 7.99. The Labute approximate surface area is 108 Å². The molecule has 0 radical (unpaired) electrons. The topological polar surface area (TPSA) is 32.8 Å². The van der Waals surface area contributed by atoms with Crippen molar-refractivity contribution >= 4 is 6.29 Å². The quantitative estimate of drug-likeness (QED) is 0.728. The highest BCUT2D eigenvalue weighted by molar-refractivity contribution is 5.51.